The van der Waals surface area contributed by atoms with E-state index in [2.05, 4.69) is 10.3 Å². The number of nitrogens with two attached hydrogens (primary N) is 1. The van der Waals surface area contributed by atoms with Gasteiger partial charge in [0.25, 0.3) is 0 Å². The van der Waals surface area contributed by atoms with Gasteiger partial charge in [0.1, 0.15) is 5.75 Å². The number of ether oxygens (including phenoxy) is 1. The van der Waals surface area contributed by atoms with Crippen LogP contribution in [0.2, 0.25) is 0 Å². The second-order valence-corrected chi connectivity index (χ2v) is 4.63. The van der Waals surface area contributed by atoms with Crippen molar-refractivity contribution in [2.24, 2.45) is 0 Å². The second kappa shape index (κ2) is 7.89. The summed E-state index contributed by atoms with van der Waals surface area (Å²) in [7, 11) is 0. The Morgan fingerprint density at radius 1 is 1.24 bits per heavy atom. The minimum atomic E-state index is -0.0204. The number of benzene rings is 1. The fourth-order valence-corrected chi connectivity index (χ4v) is 1.85. The maximum absolute atomic E-state index is 11.7. The standard InChI is InChI=1S/C16H19N3O2/c17-14-2-1-3-15(12-14)21-11-7-16(20)19-10-6-13-4-8-18-9-5-13/h1-5,8-9,12H,6-7,10-11,17H2,(H,19,20). The van der Waals surface area contributed by atoms with E-state index in [-0.39, 0.29) is 5.91 Å². The number of carbonyl (C=O) groups excluding carboxylic acids is 1. The molecule has 0 saturated heterocycles. The topological polar surface area (TPSA) is 77.2 Å². The highest BCUT2D eigenvalue weighted by Gasteiger charge is 2.02. The van der Waals surface area contributed by atoms with Crippen molar-refractivity contribution < 1.29 is 9.53 Å². The van der Waals surface area contributed by atoms with Crippen molar-refractivity contribution in [2.45, 2.75) is 12.8 Å². The van der Waals surface area contributed by atoms with E-state index in [0.29, 0.717) is 31.0 Å². The minimum Gasteiger partial charge on any atom is -0.493 e. The summed E-state index contributed by atoms with van der Waals surface area (Å²) in [4.78, 5) is 15.6. The van der Waals surface area contributed by atoms with Crippen LogP contribution in [0.1, 0.15) is 12.0 Å². The lowest BCUT2D eigenvalue weighted by Gasteiger charge is -2.07. The maximum atomic E-state index is 11.7. The van der Waals surface area contributed by atoms with Crippen LogP contribution in [-0.4, -0.2) is 24.0 Å². The molecule has 0 atom stereocenters. The summed E-state index contributed by atoms with van der Waals surface area (Å²) in [5.41, 5.74) is 7.45. The van der Waals surface area contributed by atoms with Crippen molar-refractivity contribution in [2.75, 3.05) is 18.9 Å². The fourth-order valence-electron chi connectivity index (χ4n) is 1.85. The molecule has 0 aliphatic carbocycles. The summed E-state index contributed by atoms with van der Waals surface area (Å²) < 4.78 is 5.47. The highest BCUT2D eigenvalue weighted by molar-refractivity contribution is 5.75. The first-order chi connectivity index (χ1) is 10.2. The van der Waals surface area contributed by atoms with E-state index in [1.807, 2.05) is 24.3 Å². The highest BCUT2D eigenvalue weighted by atomic mass is 16.5. The van der Waals surface area contributed by atoms with Crippen molar-refractivity contribution in [3.05, 3.63) is 54.4 Å². The number of rotatable bonds is 7. The second-order valence-electron chi connectivity index (χ2n) is 4.63. The van der Waals surface area contributed by atoms with Crippen molar-refractivity contribution in [3.63, 3.8) is 0 Å². The van der Waals surface area contributed by atoms with Gasteiger partial charge in [-0.25, -0.2) is 0 Å². The first-order valence-corrected chi connectivity index (χ1v) is 6.88. The van der Waals surface area contributed by atoms with Gasteiger partial charge in [-0.2, -0.15) is 0 Å². The van der Waals surface area contributed by atoms with E-state index < -0.39 is 0 Å². The Bertz CT molecular complexity index is 573. The molecule has 1 aromatic heterocycles. The molecule has 1 amide bonds. The van der Waals surface area contributed by atoms with Crippen LogP contribution in [0.3, 0.4) is 0 Å². The average molecular weight is 285 g/mol. The first kappa shape index (κ1) is 14.8. The molecule has 21 heavy (non-hydrogen) atoms. The number of hydrogen-bond acceptors (Lipinski definition) is 4. The van der Waals surface area contributed by atoms with Crippen LogP contribution in [0.25, 0.3) is 0 Å². The molecule has 2 aromatic rings. The lowest BCUT2D eigenvalue weighted by Crippen LogP contribution is -2.27. The van der Waals surface area contributed by atoms with Gasteiger partial charge in [0.15, 0.2) is 0 Å². The zero-order chi connectivity index (χ0) is 14.9. The van der Waals surface area contributed by atoms with Gasteiger partial charge in [-0.1, -0.05) is 6.07 Å². The van der Waals surface area contributed by atoms with Gasteiger partial charge in [-0.15, -0.1) is 0 Å². The van der Waals surface area contributed by atoms with Crippen LogP contribution >= 0.6 is 0 Å². The summed E-state index contributed by atoms with van der Waals surface area (Å²) in [6.45, 7) is 0.950. The van der Waals surface area contributed by atoms with Gasteiger partial charge in [0.05, 0.1) is 13.0 Å². The number of nitrogen functional groups attached to an aromatic ring is 1. The van der Waals surface area contributed by atoms with Crippen LogP contribution in [0.4, 0.5) is 5.69 Å². The molecule has 2 rings (SSSR count). The molecule has 0 saturated carbocycles. The molecule has 0 aliphatic rings. The van der Waals surface area contributed by atoms with E-state index in [4.69, 9.17) is 10.5 Å². The van der Waals surface area contributed by atoms with Crippen molar-refractivity contribution in [3.8, 4) is 5.75 Å². The maximum Gasteiger partial charge on any atom is 0.223 e. The average Bonchev–Trinajstić information content (AvgIpc) is 2.48. The van der Waals surface area contributed by atoms with Crippen molar-refractivity contribution >= 4 is 11.6 Å². The Morgan fingerprint density at radius 2 is 2.05 bits per heavy atom. The summed E-state index contributed by atoms with van der Waals surface area (Å²) in [5, 5.41) is 2.86. The number of amides is 1. The van der Waals surface area contributed by atoms with Crippen molar-refractivity contribution in [1.29, 1.82) is 0 Å². The number of hydrogen-bond donors (Lipinski definition) is 2. The number of anilines is 1. The molecule has 0 radical (unpaired) electrons. The zero-order valence-corrected chi connectivity index (χ0v) is 11.8. The normalized spacial score (nSPS) is 10.1. The molecular formula is C16H19N3O2. The molecule has 1 heterocycles. The number of nitrogens with zero attached hydrogens (tertiary/aromatic N) is 1. The third-order valence-electron chi connectivity index (χ3n) is 2.94. The van der Waals surface area contributed by atoms with E-state index >= 15 is 0 Å². The number of nitrogens with one attached hydrogen (secondary N) is 1. The molecule has 1 aromatic carbocycles. The van der Waals surface area contributed by atoms with Crippen LogP contribution in [0.15, 0.2) is 48.8 Å². The van der Waals surface area contributed by atoms with Gasteiger partial charge < -0.3 is 15.8 Å². The molecule has 0 fully saturated rings. The Kier molecular flexibility index (Phi) is 5.58. The lowest BCUT2D eigenvalue weighted by molar-refractivity contribution is -0.121. The molecule has 0 bridgehead atoms. The molecule has 0 spiro atoms. The number of carbonyl (C=O) groups is 1. The lowest BCUT2D eigenvalue weighted by atomic mass is 10.2. The first-order valence-electron chi connectivity index (χ1n) is 6.88. The smallest absolute Gasteiger partial charge is 0.223 e. The Labute approximate surface area is 124 Å². The van der Waals surface area contributed by atoms with Crippen LogP contribution in [0.5, 0.6) is 5.75 Å². The van der Waals surface area contributed by atoms with Crippen LogP contribution in [-0.2, 0) is 11.2 Å². The largest absolute Gasteiger partial charge is 0.493 e. The third-order valence-corrected chi connectivity index (χ3v) is 2.94. The van der Waals surface area contributed by atoms with Gasteiger partial charge in [0.2, 0.25) is 5.91 Å². The van der Waals surface area contributed by atoms with E-state index in [0.717, 1.165) is 12.0 Å². The van der Waals surface area contributed by atoms with Gasteiger partial charge >= 0.3 is 0 Å². The molecule has 5 heteroatoms. The number of pyridine rings is 1. The van der Waals surface area contributed by atoms with Crippen LogP contribution < -0.4 is 15.8 Å². The van der Waals surface area contributed by atoms with Gasteiger partial charge in [0, 0.05) is 30.7 Å². The zero-order valence-electron chi connectivity index (χ0n) is 11.8. The quantitative estimate of drug-likeness (QED) is 0.760. The van der Waals surface area contributed by atoms with Gasteiger partial charge in [-0.3, -0.25) is 9.78 Å². The molecule has 5 nitrogen and oxygen atoms in total. The summed E-state index contributed by atoms with van der Waals surface area (Å²) in [6, 6.07) is 11.0. The summed E-state index contributed by atoms with van der Waals surface area (Å²) in [5.74, 6) is 0.660. The Hall–Kier alpha value is -2.56. The summed E-state index contributed by atoms with van der Waals surface area (Å²) >= 11 is 0. The molecule has 0 unspecified atom stereocenters. The fraction of sp³-hybridized carbons (Fsp3) is 0.250. The van der Waals surface area contributed by atoms with E-state index in [1.165, 1.54) is 0 Å². The SMILES string of the molecule is Nc1cccc(OCCC(=O)NCCc2ccncc2)c1. The predicted octanol–water partition coefficient (Wildman–Crippen LogP) is 1.79. The molecule has 110 valence electrons. The van der Waals surface area contributed by atoms with Crippen molar-refractivity contribution in [1.82, 2.24) is 10.3 Å². The molecule has 0 aliphatic heterocycles. The van der Waals surface area contributed by atoms with Crippen LogP contribution in [0, 0.1) is 0 Å². The number of aromatic nitrogens is 1. The van der Waals surface area contributed by atoms with E-state index in [1.54, 1.807) is 24.5 Å². The molecule has 3 N–H and O–H groups in total. The Balaban J connectivity index is 1.61. The monoisotopic (exact) mass is 285 g/mol. The minimum absolute atomic E-state index is 0.0204. The predicted molar refractivity (Wildman–Crippen MR) is 81.9 cm³/mol. The van der Waals surface area contributed by atoms with E-state index in [9.17, 15) is 4.79 Å². The van der Waals surface area contributed by atoms with Gasteiger partial charge in [-0.05, 0) is 36.2 Å². The Morgan fingerprint density at radius 3 is 2.81 bits per heavy atom. The highest BCUT2D eigenvalue weighted by Crippen LogP contribution is 2.14. The molecular weight excluding hydrogens is 266 g/mol. The summed E-state index contributed by atoms with van der Waals surface area (Å²) in [6.07, 6.45) is 4.61. The third kappa shape index (κ3) is 5.52.